The highest BCUT2D eigenvalue weighted by atomic mass is 19.1. The summed E-state index contributed by atoms with van der Waals surface area (Å²) in [4.78, 5) is 3.45. The topological polar surface area (TPSA) is 60.5 Å². The lowest BCUT2D eigenvalue weighted by molar-refractivity contribution is -0.927. The number of methoxy groups -OCH3 is 1. The molecular weight excluding hydrogens is 395 g/mol. The molecule has 4 rings (SSSR count). The van der Waals surface area contributed by atoms with Crippen molar-refractivity contribution in [3.8, 4) is 5.75 Å². The molecule has 0 bridgehead atoms. The van der Waals surface area contributed by atoms with E-state index in [2.05, 4.69) is 47.3 Å². The quantitative estimate of drug-likeness (QED) is 0.678. The van der Waals surface area contributed by atoms with E-state index < -0.39 is 0 Å². The second-order valence-electron chi connectivity index (χ2n) is 8.89. The first-order chi connectivity index (χ1) is 14.9. The predicted molar refractivity (Wildman–Crippen MR) is 117 cm³/mol. The lowest BCUT2D eigenvalue weighted by Gasteiger charge is -2.38. The number of aromatic nitrogens is 4. The average molecular weight is 426 g/mol. The van der Waals surface area contributed by atoms with Crippen LogP contribution in [0.25, 0.3) is 0 Å². The maximum absolute atomic E-state index is 14.3. The van der Waals surface area contributed by atoms with Crippen LogP contribution in [-0.2, 0) is 5.54 Å². The normalized spacial score (nSPS) is 16.4. The minimum Gasteiger partial charge on any atom is -0.496 e. The van der Waals surface area contributed by atoms with Crippen molar-refractivity contribution < 1.29 is 14.0 Å². The highest BCUT2D eigenvalue weighted by molar-refractivity contribution is 5.47. The molecule has 0 unspecified atom stereocenters. The van der Waals surface area contributed by atoms with Crippen molar-refractivity contribution >= 4 is 5.69 Å². The van der Waals surface area contributed by atoms with Gasteiger partial charge in [0.1, 0.15) is 11.6 Å². The van der Waals surface area contributed by atoms with Gasteiger partial charge in [0.25, 0.3) is 0 Å². The Bertz CT molecular complexity index is 1020. The van der Waals surface area contributed by atoms with Gasteiger partial charge >= 0.3 is 0 Å². The van der Waals surface area contributed by atoms with Crippen LogP contribution in [0, 0.1) is 5.82 Å². The molecule has 1 saturated heterocycles. The van der Waals surface area contributed by atoms with Crippen molar-refractivity contribution in [1.29, 1.82) is 0 Å². The third kappa shape index (κ3) is 4.25. The molecule has 31 heavy (non-hydrogen) atoms. The molecule has 1 aliphatic heterocycles. The molecular formula is C23H30FN6O+. The van der Waals surface area contributed by atoms with Crippen LogP contribution < -0.4 is 14.5 Å². The number of rotatable bonds is 5. The van der Waals surface area contributed by atoms with Gasteiger partial charge in [0, 0.05) is 0 Å². The molecule has 1 N–H and O–H groups in total. The zero-order valence-corrected chi connectivity index (χ0v) is 18.5. The molecule has 2 heterocycles. The third-order valence-electron chi connectivity index (χ3n) is 5.84. The number of tetrazole rings is 1. The number of halogens is 1. The summed E-state index contributed by atoms with van der Waals surface area (Å²) >= 11 is 0. The first kappa shape index (κ1) is 21.2. The minimum atomic E-state index is -0.256. The van der Waals surface area contributed by atoms with E-state index in [0.29, 0.717) is 5.69 Å². The summed E-state index contributed by atoms with van der Waals surface area (Å²) < 4.78 is 21.9. The lowest BCUT2D eigenvalue weighted by atomic mass is 10.0. The zero-order chi connectivity index (χ0) is 22.0. The average Bonchev–Trinajstić information content (AvgIpc) is 3.25. The summed E-state index contributed by atoms with van der Waals surface area (Å²) in [5.41, 5.74) is 1.46. The van der Waals surface area contributed by atoms with Gasteiger partial charge in [0.2, 0.25) is 5.82 Å². The summed E-state index contributed by atoms with van der Waals surface area (Å²) in [6.07, 6.45) is 0. The Morgan fingerprint density at radius 2 is 1.71 bits per heavy atom. The van der Waals surface area contributed by atoms with Gasteiger partial charge in [-0.05, 0) is 55.5 Å². The number of piperazine rings is 1. The number of hydrogen-bond acceptors (Lipinski definition) is 5. The lowest BCUT2D eigenvalue weighted by Crippen LogP contribution is -3.15. The zero-order valence-electron chi connectivity index (χ0n) is 18.5. The van der Waals surface area contributed by atoms with Crippen LogP contribution in [-0.4, -0.2) is 53.5 Å². The van der Waals surface area contributed by atoms with Crippen molar-refractivity contribution in [2.45, 2.75) is 32.4 Å². The molecule has 8 heteroatoms. The van der Waals surface area contributed by atoms with Gasteiger partial charge in [0.15, 0.2) is 6.04 Å². The van der Waals surface area contributed by atoms with E-state index in [1.54, 1.807) is 13.2 Å². The number of anilines is 1. The van der Waals surface area contributed by atoms with Crippen molar-refractivity contribution in [3.05, 3.63) is 65.7 Å². The number of nitrogens with zero attached hydrogens (tertiary/aromatic N) is 5. The standard InChI is InChI=1S/C23H29FN6O/c1-23(2,3)30-22(25-26-27-30)21(17-9-5-8-12-20(17)31-4)29-15-13-28(14-16-29)19-11-7-6-10-18(19)24/h5-12,21H,13-16H2,1-4H3/p+1/t21-/m0/s1. The molecule has 0 spiro atoms. The minimum absolute atomic E-state index is 0.0897. The summed E-state index contributed by atoms with van der Waals surface area (Å²) in [7, 11) is 1.69. The number of quaternary nitrogens is 1. The van der Waals surface area contributed by atoms with E-state index in [-0.39, 0.29) is 17.4 Å². The molecule has 1 aromatic heterocycles. The first-order valence-electron chi connectivity index (χ1n) is 10.7. The predicted octanol–water partition coefficient (Wildman–Crippen LogP) is 2.07. The third-order valence-corrected chi connectivity index (χ3v) is 5.84. The molecule has 1 aliphatic rings. The Morgan fingerprint density at radius 1 is 1.03 bits per heavy atom. The maximum atomic E-state index is 14.3. The summed E-state index contributed by atoms with van der Waals surface area (Å²) in [6, 6.07) is 14.9. The molecule has 0 radical (unpaired) electrons. The SMILES string of the molecule is COc1ccccc1[C@@H](c1nnnn1C(C)(C)C)[NH+]1CCN(c2ccccc2F)CC1. The van der Waals surface area contributed by atoms with Gasteiger partial charge in [-0.15, -0.1) is 5.10 Å². The molecule has 0 saturated carbocycles. The van der Waals surface area contributed by atoms with Gasteiger partial charge in [-0.25, -0.2) is 9.07 Å². The smallest absolute Gasteiger partial charge is 0.214 e. The van der Waals surface area contributed by atoms with Crippen LogP contribution in [0.3, 0.4) is 0 Å². The Hall–Kier alpha value is -3.00. The highest BCUT2D eigenvalue weighted by Gasteiger charge is 2.38. The first-order valence-corrected chi connectivity index (χ1v) is 10.7. The maximum Gasteiger partial charge on any atom is 0.214 e. The van der Waals surface area contributed by atoms with Gasteiger partial charge in [0.05, 0.1) is 50.1 Å². The number of benzene rings is 2. The van der Waals surface area contributed by atoms with Crippen LogP contribution in [0.15, 0.2) is 48.5 Å². The summed E-state index contributed by atoms with van der Waals surface area (Å²) in [6.45, 7) is 9.44. The molecule has 1 atom stereocenters. The fourth-order valence-corrected chi connectivity index (χ4v) is 4.33. The number of ether oxygens (including phenoxy) is 1. The number of hydrogen-bond donors (Lipinski definition) is 1. The molecule has 7 nitrogen and oxygen atoms in total. The Labute approximate surface area is 182 Å². The highest BCUT2D eigenvalue weighted by Crippen LogP contribution is 2.29. The molecule has 0 amide bonds. The second-order valence-corrected chi connectivity index (χ2v) is 8.89. The number of nitrogens with one attached hydrogen (secondary N) is 1. The van der Waals surface area contributed by atoms with Crippen LogP contribution in [0.5, 0.6) is 5.75 Å². The largest absolute Gasteiger partial charge is 0.496 e. The van der Waals surface area contributed by atoms with E-state index in [0.717, 1.165) is 43.3 Å². The van der Waals surface area contributed by atoms with E-state index >= 15 is 0 Å². The van der Waals surface area contributed by atoms with Crippen LogP contribution >= 0.6 is 0 Å². The van der Waals surface area contributed by atoms with Crippen LogP contribution in [0.1, 0.15) is 38.2 Å². The fourth-order valence-electron chi connectivity index (χ4n) is 4.33. The second kappa shape index (κ2) is 8.63. The fraction of sp³-hybridized carbons (Fsp3) is 0.435. The van der Waals surface area contributed by atoms with Gasteiger partial charge in [-0.2, -0.15) is 0 Å². The monoisotopic (exact) mass is 425 g/mol. The van der Waals surface area contributed by atoms with Crippen molar-refractivity contribution in [1.82, 2.24) is 20.2 Å². The van der Waals surface area contributed by atoms with Crippen LogP contribution in [0.4, 0.5) is 10.1 Å². The molecule has 164 valence electrons. The van der Waals surface area contributed by atoms with Gasteiger partial charge in [-0.1, -0.05) is 24.3 Å². The van der Waals surface area contributed by atoms with E-state index in [4.69, 9.17) is 4.74 Å². The summed E-state index contributed by atoms with van der Waals surface area (Å²) in [5, 5.41) is 12.8. The van der Waals surface area contributed by atoms with Gasteiger partial charge in [-0.3, -0.25) is 0 Å². The molecule has 1 fully saturated rings. The van der Waals surface area contributed by atoms with Gasteiger partial charge < -0.3 is 14.5 Å². The van der Waals surface area contributed by atoms with Crippen molar-refractivity contribution in [2.75, 3.05) is 38.2 Å². The Balaban J connectivity index is 1.68. The van der Waals surface area contributed by atoms with E-state index in [1.807, 2.05) is 35.0 Å². The van der Waals surface area contributed by atoms with Crippen LogP contribution in [0.2, 0.25) is 0 Å². The van der Waals surface area contributed by atoms with Crippen molar-refractivity contribution in [3.63, 3.8) is 0 Å². The van der Waals surface area contributed by atoms with Crippen molar-refractivity contribution in [2.24, 2.45) is 0 Å². The molecule has 2 aromatic carbocycles. The molecule has 0 aliphatic carbocycles. The Kier molecular flexibility index (Phi) is 5.91. The van der Waals surface area contributed by atoms with E-state index in [1.165, 1.54) is 11.0 Å². The Morgan fingerprint density at radius 3 is 2.39 bits per heavy atom. The van der Waals surface area contributed by atoms with E-state index in [9.17, 15) is 4.39 Å². The summed E-state index contributed by atoms with van der Waals surface area (Å²) in [5.74, 6) is 1.45. The number of para-hydroxylation sites is 2. The molecule has 3 aromatic rings.